The predicted octanol–water partition coefficient (Wildman–Crippen LogP) is 2.49. The van der Waals surface area contributed by atoms with E-state index in [1.165, 1.54) is 11.1 Å². The zero-order chi connectivity index (χ0) is 13.0. The van der Waals surface area contributed by atoms with E-state index in [1.807, 2.05) is 0 Å². The molecule has 0 radical (unpaired) electrons. The molecule has 1 aliphatic rings. The summed E-state index contributed by atoms with van der Waals surface area (Å²) in [6.07, 6.45) is 0.293. The summed E-state index contributed by atoms with van der Waals surface area (Å²) in [6.45, 7) is 9.58. The lowest BCUT2D eigenvalue weighted by molar-refractivity contribution is -0.135. The first kappa shape index (κ1) is 13.5. The van der Waals surface area contributed by atoms with Gasteiger partial charge in [0, 0.05) is 12.1 Å². The lowest BCUT2D eigenvalue weighted by Crippen LogP contribution is -2.36. The molecular formula is C15H23NO2. The quantitative estimate of drug-likeness (QED) is 0.869. The van der Waals surface area contributed by atoms with Crippen LogP contribution in [0.4, 0.5) is 0 Å². The van der Waals surface area contributed by atoms with Gasteiger partial charge >= 0.3 is 0 Å². The van der Waals surface area contributed by atoms with Crippen LogP contribution in [-0.2, 0) is 22.6 Å². The molecule has 0 spiro atoms. The van der Waals surface area contributed by atoms with Gasteiger partial charge in [0.05, 0.1) is 19.8 Å². The molecule has 0 atom stereocenters. The fraction of sp³-hybridized carbons (Fsp3) is 0.600. The van der Waals surface area contributed by atoms with Gasteiger partial charge < -0.3 is 14.8 Å². The van der Waals surface area contributed by atoms with Crippen LogP contribution in [-0.4, -0.2) is 24.9 Å². The van der Waals surface area contributed by atoms with E-state index in [9.17, 15) is 0 Å². The van der Waals surface area contributed by atoms with E-state index < -0.39 is 0 Å². The van der Waals surface area contributed by atoms with Crippen molar-refractivity contribution in [3.8, 4) is 0 Å². The summed E-state index contributed by atoms with van der Waals surface area (Å²) in [4.78, 5) is 0. The van der Waals surface area contributed by atoms with Crippen molar-refractivity contribution in [3.63, 3.8) is 0 Å². The zero-order valence-corrected chi connectivity index (χ0v) is 11.5. The topological polar surface area (TPSA) is 30.5 Å². The van der Waals surface area contributed by atoms with Crippen molar-refractivity contribution in [3.05, 3.63) is 35.4 Å². The van der Waals surface area contributed by atoms with E-state index in [0.717, 1.165) is 19.8 Å². The molecule has 0 saturated carbocycles. The summed E-state index contributed by atoms with van der Waals surface area (Å²) < 4.78 is 10.8. The first-order valence-electron chi connectivity index (χ1n) is 6.55. The van der Waals surface area contributed by atoms with Crippen molar-refractivity contribution in [2.45, 2.75) is 45.6 Å². The van der Waals surface area contributed by atoms with Crippen molar-refractivity contribution in [1.29, 1.82) is 0 Å². The molecule has 0 aromatic heterocycles. The molecule has 1 aromatic carbocycles. The predicted molar refractivity (Wildman–Crippen MR) is 72.4 cm³/mol. The normalized spacial score (nSPS) is 16.6. The van der Waals surface area contributed by atoms with Crippen molar-refractivity contribution in [2.75, 3.05) is 13.2 Å². The average molecular weight is 249 g/mol. The van der Waals surface area contributed by atoms with Crippen molar-refractivity contribution in [1.82, 2.24) is 5.32 Å². The van der Waals surface area contributed by atoms with Gasteiger partial charge in [0.25, 0.3) is 0 Å². The molecule has 3 nitrogen and oxygen atoms in total. The minimum absolute atomic E-state index is 0.149. The Labute approximate surface area is 109 Å². The molecule has 1 aliphatic heterocycles. The Bertz CT molecular complexity index is 380. The van der Waals surface area contributed by atoms with Crippen LogP contribution in [0, 0.1) is 0 Å². The molecule has 1 heterocycles. The maximum absolute atomic E-state index is 5.72. The minimum atomic E-state index is 0.149. The van der Waals surface area contributed by atoms with Crippen LogP contribution >= 0.6 is 0 Å². The highest BCUT2D eigenvalue weighted by molar-refractivity contribution is 5.23. The molecule has 0 amide bonds. The Hall–Kier alpha value is -0.900. The minimum Gasteiger partial charge on any atom is -0.376 e. The lowest BCUT2D eigenvalue weighted by Gasteiger charge is -2.26. The zero-order valence-electron chi connectivity index (χ0n) is 11.5. The number of rotatable bonds is 5. The largest absolute Gasteiger partial charge is 0.376 e. The summed E-state index contributed by atoms with van der Waals surface area (Å²) in [7, 11) is 0. The van der Waals surface area contributed by atoms with E-state index in [2.05, 4.69) is 50.4 Å². The van der Waals surface area contributed by atoms with E-state index >= 15 is 0 Å². The molecule has 100 valence electrons. The van der Waals surface area contributed by atoms with E-state index in [4.69, 9.17) is 9.47 Å². The third-order valence-electron chi connectivity index (χ3n) is 2.91. The third-order valence-corrected chi connectivity index (χ3v) is 2.91. The molecule has 3 heteroatoms. The Morgan fingerprint density at radius 2 is 2.00 bits per heavy atom. The average Bonchev–Trinajstić information content (AvgIpc) is 2.24. The third kappa shape index (κ3) is 4.41. The monoisotopic (exact) mass is 249 g/mol. The van der Waals surface area contributed by atoms with Crippen LogP contribution in [0.15, 0.2) is 24.3 Å². The number of ether oxygens (including phenoxy) is 2. The van der Waals surface area contributed by atoms with Crippen molar-refractivity contribution in [2.24, 2.45) is 0 Å². The standard InChI is InChI=1S/C15H23NO2/c1-15(2,3)16-8-12-5-4-6-13(7-12)9-18-14-10-17-11-14/h4-7,14,16H,8-11H2,1-3H3. The molecule has 18 heavy (non-hydrogen) atoms. The van der Waals surface area contributed by atoms with Gasteiger partial charge in [-0.05, 0) is 31.9 Å². The summed E-state index contributed by atoms with van der Waals surface area (Å²) in [6, 6.07) is 8.56. The Morgan fingerprint density at radius 3 is 2.61 bits per heavy atom. The van der Waals surface area contributed by atoms with Gasteiger partial charge in [-0.1, -0.05) is 24.3 Å². The smallest absolute Gasteiger partial charge is 0.105 e. The Morgan fingerprint density at radius 1 is 1.28 bits per heavy atom. The van der Waals surface area contributed by atoms with Gasteiger partial charge in [-0.2, -0.15) is 0 Å². The van der Waals surface area contributed by atoms with Crippen LogP contribution in [0.2, 0.25) is 0 Å². The van der Waals surface area contributed by atoms with Crippen LogP contribution in [0.5, 0.6) is 0 Å². The molecule has 0 bridgehead atoms. The second-order valence-electron chi connectivity index (χ2n) is 5.89. The molecular weight excluding hydrogens is 226 g/mol. The molecule has 0 unspecified atom stereocenters. The summed E-state index contributed by atoms with van der Waals surface area (Å²) >= 11 is 0. The SMILES string of the molecule is CC(C)(C)NCc1cccc(COC2COC2)c1. The molecule has 2 rings (SSSR count). The highest BCUT2D eigenvalue weighted by Gasteiger charge is 2.18. The Kier molecular flexibility index (Phi) is 4.38. The van der Waals surface area contributed by atoms with E-state index in [1.54, 1.807) is 0 Å². The number of nitrogens with one attached hydrogen (secondary N) is 1. The Balaban J connectivity index is 1.84. The van der Waals surface area contributed by atoms with E-state index in [-0.39, 0.29) is 5.54 Å². The molecule has 1 saturated heterocycles. The fourth-order valence-corrected chi connectivity index (χ4v) is 1.72. The lowest BCUT2D eigenvalue weighted by atomic mass is 10.1. The van der Waals surface area contributed by atoms with Crippen LogP contribution < -0.4 is 5.32 Å². The van der Waals surface area contributed by atoms with Crippen molar-refractivity contribution < 1.29 is 9.47 Å². The summed E-state index contributed by atoms with van der Waals surface area (Å²) in [5.74, 6) is 0. The molecule has 1 aromatic rings. The number of benzene rings is 1. The van der Waals surface area contributed by atoms with Gasteiger partial charge in [-0.15, -0.1) is 0 Å². The van der Waals surface area contributed by atoms with Gasteiger partial charge in [0.1, 0.15) is 6.10 Å². The first-order valence-corrected chi connectivity index (χ1v) is 6.55. The molecule has 1 N–H and O–H groups in total. The first-order chi connectivity index (χ1) is 8.53. The second kappa shape index (κ2) is 5.83. The maximum Gasteiger partial charge on any atom is 0.105 e. The highest BCUT2D eigenvalue weighted by Crippen LogP contribution is 2.12. The van der Waals surface area contributed by atoms with Crippen LogP contribution in [0.3, 0.4) is 0 Å². The number of hydrogen-bond acceptors (Lipinski definition) is 3. The van der Waals surface area contributed by atoms with Gasteiger partial charge in [0.15, 0.2) is 0 Å². The van der Waals surface area contributed by atoms with Crippen LogP contribution in [0.25, 0.3) is 0 Å². The van der Waals surface area contributed by atoms with Gasteiger partial charge in [-0.25, -0.2) is 0 Å². The number of hydrogen-bond donors (Lipinski definition) is 1. The summed E-state index contributed by atoms with van der Waals surface area (Å²) in [5, 5.41) is 3.49. The molecule has 0 aliphatic carbocycles. The maximum atomic E-state index is 5.72. The fourth-order valence-electron chi connectivity index (χ4n) is 1.72. The van der Waals surface area contributed by atoms with Gasteiger partial charge in [0.2, 0.25) is 0 Å². The van der Waals surface area contributed by atoms with E-state index in [0.29, 0.717) is 12.7 Å². The van der Waals surface area contributed by atoms with Crippen molar-refractivity contribution >= 4 is 0 Å². The highest BCUT2D eigenvalue weighted by atomic mass is 16.6. The van der Waals surface area contributed by atoms with Gasteiger partial charge in [-0.3, -0.25) is 0 Å². The summed E-state index contributed by atoms with van der Waals surface area (Å²) in [5.41, 5.74) is 2.68. The molecule has 1 fully saturated rings. The van der Waals surface area contributed by atoms with Crippen LogP contribution in [0.1, 0.15) is 31.9 Å². The second-order valence-corrected chi connectivity index (χ2v) is 5.89.